The number of amides is 2. The molecule has 0 aliphatic rings. The van der Waals surface area contributed by atoms with Crippen molar-refractivity contribution < 1.29 is 14.3 Å². The van der Waals surface area contributed by atoms with Crippen molar-refractivity contribution >= 4 is 28.2 Å². The fourth-order valence-electron chi connectivity index (χ4n) is 1.55. The monoisotopic (exact) mass is 357 g/mol. The van der Waals surface area contributed by atoms with Crippen molar-refractivity contribution in [2.75, 3.05) is 13.2 Å². The average Bonchev–Trinajstić information content (AvgIpc) is 2.42. The van der Waals surface area contributed by atoms with Crippen molar-refractivity contribution in [3.8, 4) is 11.5 Å². The first-order chi connectivity index (χ1) is 10.1. The molecule has 0 saturated carbocycles. The molecule has 0 aromatic heterocycles. The lowest BCUT2D eigenvalue weighted by Crippen LogP contribution is -2.24. The van der Waals surface area contributed by atoms with E-state index in [4.69, 9.17) is 15.2 Å². The Balaban J connectivity index is 2.94. The number of carbonyl (C=O) groups excluding carboxylic acids is 1. The Hall–Kier alpha value is -1.76. The highest BCUT2D eigenvalue weighted by Crippen LogP contribution is 2.36. The zero-order valence-corrected chi connectivity index (χ0v) is 13.8. The molecular weight excluding hydrogens is 338 g/mol. The van der Waals surface area contributed by atoms with Crippen LogP contribution < -0.4 is 20.6 Å². The first-order valence-corrected chi connectivity index (χ1v) is 7.55. The van der Waals surface area contributed by atoms with Gasteiger partial charge in [0.2, 0.25) is 0 Å². The minimum atomic E-state index is -0.713. The van der Waals surface area contributed by atoms with Crippen LogP contribution in [0.1, 0.15) is 32.3 Å². The van der Waals surface area contributed by atoms with E-state index < -0.39 is 6.03 Å². The number of ether oxygens (including phenoxy) is 2. The molecule has 7 heteroatoms. The summed E-state index contributed by atoms with van der Waals surface area (Å²) in [6.45, 7) is 5.16. The second-order valence-corrected chi connectivity index (χ2v) is 5.05. The van der Waals surface area contributed by atoms with E-state index in [-0.39, 0.29) is 0 Å². The predicted octanol–water partition coefficient (Wildman–Crippen LogP) is 3.03. The molecule has 0 spiro atoms. The summed E-state index contributed by atoms with van der Waals surface area (Å²) in [5, 5.41) is 3.72. The number of unbranched alkanes of at least 4 members (excludes halogenated alkanes) is 1. The maximum atomic E-state index is 10.6. The molecule has 0 aliphatic heterocycles. The van der Waals surface area contributed by atoms with Crippen LogP contribution in [0.3, 0.4) is 0 Å². The molecular formula is C14H20BrN3O3. The van der Waals surface area contributed by atoms with Crippen LogP contribution in [0.2, 0.25) is 0 Å². The van der Waals surface area contributed by atoms with Gasteiger partial charge < -0.3 is 15.2 Å². The van der Waals surface area contributed by atoms with E-state index in [9.17, 15) is 4.79 Å². The van der Waals surface area contributed by atoms with Crippen LogP contribution in [-0.2, 0) is 0 Å². The Morgan fingerprint density at radius 1 is 1.43 bits per heavy atom. The van der Waals surface area contributed by atoms with Gasteiger partial charge in [-0.2, -0.15) is 5.10 Å². The zero-order valence-electron chi connectivity index (χ0n) is 12.2. The summed E-state index contributed by atoms with van der Waals surface area (Å²) in [7, 11) is 0. The van der Waals surface area contributed by atoms with Crippen LogP contribution in [0.4, 0.5) is 4.79 Å². The summed E-state index contributed by atoms with van der Waals surface area (Å²) in [5.74, 6) is 1.30. The molecule has 116 valence electrons. The largest absolute Gasteiger partial charge is 0.490 e. The van der Waals surface area contributed by atoms with Crippen molar-refractivity contribution in [1.29, 1.82) is 0 Å². The smallest absolute Gasteiger partial charge is 0.332 e. The lowest BCUT2D eigenvalue weighted by molar-refractivity contribution is 0.249. The highest BCUT2D eigenvalue weighted by molar-refractivity contribution is 9.10. The number of nitrogens with two attached hydrogens (primary N) is 1. The first kappa shape index (κ1) is 17.3. The zero-order chi connectivity index (χ0) is 15.7. The quantitative estimate of drug-likeness (QED) is 0.426. The molecule has 0 bridgehead atoms. The van der Waals surface area contributed by atoms with Gasteiger partial charge in [-0.15, -0.1) is 0 Å². The molecule has 0 radical (unpaired) electrons. The summed E-state index contributed by atoms with van der Waals surface area (Å²) in [5.41, 5.74) is 7.83. The maximum Gasteiger partial charge on any atom is 0.332 e. The van der Waals surface area contributed by atoms with Gasteiger partial charge in [0.25, 0.3) is 0 Å². The molecule has 0 unspecified atom stereocenters. The number of hydrogen-bond donors (Lipinski definition) is 2. The summed E-state index contributed by atoms with van der Waals surface area (Å²) >= 11 is 3.46. The number of benzene rings is 1. The second-order valence-electron chi connectivity index (χ2n) is 4.20. The molecule has 3 N–H and O–H groups in total. The number of nitrogens with zero attached hydrogens (tertiary/aromatic N) is 1. The van der Waals surface area contributed by atoms with Gasteiger partial charge >= 0.3 is 6.03 Å². The molecule has 0 aliphatic carbocycles. The molecule has 0 saturated heterocycles. The number of urea groups is 1. The molecule has 2 amide bonds. The molecule has 1 aromatic carbocycles. The van der Waals surface area contributed by atoms with Crippen LogP contribution >= 0.6 is 15.9 Å². The van der Waals surface area contributed by atoms with Crippen LogP contribution in [-0.4, -0.2) is 25.5 Å². The van der Waals surface area contributed by atoms with Gasteiger partial charge in [0, 0.05) is 0 Å². The molecule has 1 rings (SSSR count). The van der Waals surface area contributed by atoms with Crippen molar-refractivity contribution in [3.05, 3.63) is 22.2 Å². The van der Waals surface area contributed by atoms with E-state index in [1.54, 1.807) is 6.07 Å². The number of hydrogen-bond acceptors (Lipinski definition) is 4. The fourth-order valence-corrected chi connectivity index (χ4v) is 2.13. The van der Waals surface area contributed by atoms with E-state index in [2.05, 4.69) is 33.4 Å². The Kier molecular flexibility index (Phi) is 7.60. The van der Waals surface area contributed by atoms with E-state index in [1.807, 2.05) is 13.0 Å². The number of nitrogens with one attached hydrogen (secondary N) is 1. The Morgan fingerprint density at radius 3 is 2.81 bits per heavy atom. The SMILES string of the molecule is CCCCOc1c(Br)cc(/C=N/NC(N)=O)cc1OCC. The number of primary amides is 1. The minimum absolute atomic E-state index is 0.525. The number of hydrazone groups is 1. The molecule has 6 nitrogen and oxygen atoms in total. The number of carbonyl (C=O) groups is 1. The van der Waals surface area contributed by atoms with Crippen molar-refractivity contribution in [1.82, 2.24) is 5.43 Å². The normalized spacial score (nSPS) is 10.6. The molecule has 21 heavy (non-hydrogen) atoms. The molecule has 0 atom stereocenters. The lowest BCUT2D eigenvalue weighted by Gasteiger charge is -2.14. The average molecular weight is 358 g/mol. The van der Waals surface area contributed by atoms with E-state index in [0.717, 1.165) is 22.9 Å². The van der Waals surface area contributed by atoms with Gasteiger partial charge in [0.05, 0.1) is 23.9 Å². The fraction of sp³-hybridized carbons (Fsp3) is 0.429. The van der Waals surface area contributed by atoms with Crippen molar-refractivity contribution in [2.24, 2.45) is 10.8 Å². The summed E-state index contributed by atoms with van der Waals surface area (Å²) in [6, 6.07) is 2.91. The van der Waals surface area contributed by atoms with Crippen LogP contribution in [0.5, 0.6) is 11.5 Å². The Bertz CT molecular complexity index is 506. The number of halogens is 1. The van der Waals surface area contributed by atoms with Gasteiger partial charge in [-0.05, 0) is 47.0 Å². The van der Waals surface area contributed by atoms with Gasteiger partial charge in [-0.25, -0.2) is 10.2 Å². The van der Waals surface area contributed by atoms with Gasteiger partial charge in [-0.1, -0.05) is 13.3 Å². The van der Waals surface area contributed by atoms with Crippen molar-refractivity contribution in [2.45, 2.75) is 26.7 Å². The maximum absolute atomic E-state index is 10.6. The highest BCUT2D eigenvalue weighted by Gasteiger charge is 2.11. The van der Waals surface area contributed by atoms with Gasteiger partial charge in [0.1, 0.15) is 0 Å². The molecule has 0 fully saturated rings. The third kappa shape index (κ3) is 6.03. The Labute approximate surface area is 132 Å². The number of rotatable bonds is 8. The predicted molar refractivity (Wildman–Crippen MR) is 86.0 cm³/mol. The van der Waals surface area contributed by atoms with Crippen LogP contribution in [0.25, 0.3) is 0 Å². The van der Waals surface area contributed by atoms with E-state index in [0.29, 0.717) is 24.7 Å². The second kappa shape index (κ2) is 9.23. The summed E-state index contributed by atoms with van der Waals surface area (Å²) in [4.78, 5) is 10.6. The third-order valence-electron chi connectivity index (χ3n) is 2.46. The lowest BCUT2D eigenvalue weighted by atomic mass is 10.2. The summed E-state index contributed by atoms with van der Waals surface area (Å²) in [6.07, 6.45) is 3.52. The van der Waals surface area contributed by atoms with E-state index in [1.165, 1.54) is 6.21 Å². The summed E-state index contributed by atoms with van der Waals surface area (Å²) < 4.78 is 12.1. The first-order valence-electron chi connectivity index (χ1n) is 6.76. The van der Waals surface area contributed by atoms with E-state index >= 15 is 0 Å². The van der Waals surface area contributed by atoms with Crippen molar-refractivity contribution in [3.63, 3.8) is 0 Å². The molecule has 1 aromatic rings. The molecule has 0 heterocycles. The van der Waals surface area contributed by atoms with Gasteiger partial charge in [-0.3, -0.25) is 0 Å². The Morgan fingerprint density at radius 2 is 2.19 bits per heavy atom. The standard InChI is InChI=1S/C14H20BrN3O3/c1-3-5-6-21-13-11(15)7-10(8-12(13)20-4-2)9-17-18-14(16)19/h7-9H,3-6H2,1-2H3,(H3,16,18,19)/b17-9+. The minimum Gasteiger partial charge on any atom is -0.490 e. The highest BCUT2D eigenvalue weighted by atomic mass is 79.9. The van der Waals surface area contributed by atoms with Crippen LogP contribution in [0.15, 0.2) is 21.7 Å². The van der Waals surface area contributed by atoms with Crippen LogP contribution in [0, 0.1) is 0 Å². The topological polar surface area (TPSA) is 85.9 Å². The van der Waals surface area contributed by atoms with Gasteiger partial charge in [0.15, 0.2) is 11.5 Å². The third-order valence-corrected chi connectivity index (χ3v) is 3.05.